The van der Waals surface area contributed by atoms with E-state index in [0.717, 1.165) is 29.9 Å². The largest absolute Gasteiger partial charge is 0.310 e. The lowest BCUT2D eigenvalue weighted by Crippen LogP contribution is -2.28. The minimum absolute atomic E-state index is 0.421. The van der Waals surface area contributed by atoms with E-state index in [1.807, 2.05) is 11.3 Å². The zero-order valence-electron chi connectivity index (χ0n) is 28.2. The fraction of sp³-hybridized carbons (Fsp3) is 0.0612. The van der Waals surface area contributed by atoms with Gasteiger partial charge in [0.05, 0.1) is 5.41 Å². The summed E-state index contributed by atoms with van der Waals surface area (Å²) in [7, 11) is 0. The Labute approximate surface area is 303 Å². The molecule has 0 saturated carbocycles. The summed E-state index contributed by atoms with van der Waals surface area (Å²) in [5.41, 5.74) is 13.5. The molecule has 0 spiro atoms. The lowest BCUT2D eigenvalue weighted by atomic mass is 9.68. The topological polar surface area (TPSA) is 3.24 Å². The second-order valence-electron chi connectivity index (χ2n) is 13.6. The van der Waals surface area contributed by atoms with Crippen LogP contribution in [0.2, 0.25) is 0 Å². The van der Waals surface area contributed by atoms with E-state index in [2.05, 4.69) is 193 Å². The third kappa shape index (κ3) is 4.75. The highest BCUT2D eigenvalue weighted by atomic mass is 32.1. The Balaban J connectivity index is 1.15. The second kappa shape index (κ2) is 12.1. The molecule has 0 fully saturated rings. The van der Waals surface area contributed by atoms with Crippen molar-refractivity contribution in [1.82, 2.24) is 0 Å². The van der Waals surface area contributed by atoms with Gasteiger partial charge in [0, 0.05) is 37.2 Å². The van der Waals surface area contributed by atoms with Gasteiger partial charge in [-0.1, -0.05) is 140 Å². The van der Waals surface area contributed by atoms with Crippen molar-refractivity contribution in [2.24, 2.45) is 0 Å². The minimum atomic E-state index is -0.421. The van der Waals surface area contributed by atoms with Gasteiger partial charge in [0.25, 0.3) is 0 Å². The summed E-state index contributed by atoms with van der Waals surface area (Å²) in [4.78, 5) is 2.42. The molecular weight excluding hydrogens is 635 g/mol. The zero-order valence-corrected chi connectivity index (χ0v) is 29.0. The molecule has 0 radical (unpaired) electrons. The number of allylic oxidation sites excluding steroid dienone is 4. The first-order valence-electron chi connectivity index (χ1n) is 17.8. The molecule has 0 unspecified atom stereocenters. The lowest BCUT2D eigenvalue weighted by molar-refractivity contribution is 0.768. The van der Waals surface area contributed by atoms with E-state index in [-0.39, 0.29) is 0 Å². The number of hydrogen-bond donors (Lipinski definition) is 0. The summed E-state index contributed by atoms with van der Waals surface area (Å²) in [5, 5.41) is 2.61. The Morgan fingerprint density at radius 1 is 0.490 bits per heavy atom. The number of thiophene rings is 1. The highest BCUT2D eigenvalue weighted by molar-refractivity contribution is 7.25. The number of hydrogen-bond acceptors (Lipinski definition) is 2. The van der Waals surface area contributed by atoms with E-state index in [9.17, 15) is 0 Å². The predicted molar refractivity (Wildman–Crippen MR) is 218 cm³/mol. The summed E-state index contributed by atoms with van der Waals surface area (Å²) in [5.74, 6) is 0. The Bertz CT molecular complexity index is 2580. The van der Waals surface area contributed by atoms with Gasteiger partial charge < -0.3 is 4.90 Å². The third-order valence-electron chi connectivity index (χ3n) is 10.8. The Hall–Kier alpha value is -5.96. The number of rotatable bonds is 6. The van der Waals surface area contributed by atoms with Crippen LogP contribution in [0.1, 0.15) is 40.7 Å². The van der Waals surface area contributed by atoms with E-state index >= 15 is 0 Å². The van der Waals surface area contributed by atoms with Crippen molar-refractivity contribution in [3.05, 3.63) is 216 Å². The number of nitrogens with zero attached hydrogens (tertiary/aromatic N) is 1. The van der Waals surface area contributed by atoms with E-state index in [1.54, 1.807) is 0 Å². The van der Waals surface area contributed by atoms with Gasteiger partial charge in [-0.05, 0) is 106 Å². The maximum Gasteiger partial charge on any atom is 0.0713 e. The van der Waals surface area contributed by atoms with Crippen LogP contribution in [-0.2, 0) is 5.41 Å². The third-order valence-corrected chi connectivity index (χ3v) is 12.0. The van der Waals surface area contributed by atoms with Crippen LogP contribution < -0.4 is 4.90 Å². The molecule has 0 N–H and O–H groups in total. The average molecular weight is 670 g/mol. The van der Waals surface area contributed by atoms with Gasteiger partial charge in [-0.3, -0.25) is 0 Å². The van der Waals surface area contributed by atoms with E-state index in [4.69, 9.17) is 0 Å². The van der Waals surface area contributed by atoms with Crippen molar-refractivity contribution in [1.29, 1.82) is 0 Å². The van der Waals surface area contributed by atoms with Crippen molar-refractivity contribution in [3.63, 3.8) is 0 Å². The summed E-state index contributed by atoms with van der Waals surface area (Å²) in [6, 6.07) is 63.2. The van der Waals surface area contributed by atoms with E-state index in [0.29, 0.717) is 0 Å². The van der Waals surface area contributed by atoms with Gasteiger partial charge in [0.15, 0.2) is 0 Å². The molecule has 2 aliphatic rings. The smallest absolute Gasteiger partial charge is 0.0713 e. The summed E-state index contributed by atoms with van der Waals surface area (Å²) < 4.78 is 2.63. The maximum absolute atomic E-state index is 2.42. The summed E-state index contributed by atoms with van der Waals surface area (Å²) >= 11 is 1.86. The number of fused-ring (bicyclic) bond motifs is 6. The average Bonchev–Trinajstić information content (AvgIpc) is 3.73. The van der Waals surface area contributed by atoms with Gasteiger partial charge >= 0.3 is 0 Å². The molecule has 8 aromatic rings. The molecule has 0 amide bonds. The lowest BCUT2D eigenvalue weighted by Gasteiger charge is -2.34. The molecule has 10 rings (SSSR count). The Kier molecular flexibility index (Phi) is 7.11. The van der Waals surface area contributed by atoms with E-state index in [1.165, 1.54) is 64.7 Å². The van der Waals surface area contributed by atoms with Gasteiger partial charge in [-0.25, -0.2) is 0 Å². The van der Waals surface area contributed by atoms with Crippen LogP contribution in [0.15, 0.2) is 188 Å². The predicted octanol–water partition coefficient (Wildman–Crippen LogP) is 13.6. The fourth-order valence-corrected chi connectivity index (χ4v) is 9.63. The molecule has 51 heavy (non-hydrogen) atoms. The molecule has 2 heteroatoms. The van der Waals surface area contributed by atoms with E-state index < -0.39 is 5.41 Å². The van der Waals surface area contributed by atoms with Gasteiger partial charge in [0.2, 0.25) is 0 Å². The second-order valence-corrected chi connectivity index (χ2v) is 14.7. The van der Waals surface area contributed by atoms with Crippen LogP contribution in [0.25, 0.3) is 36.9 Å². The standard InChI is InChI=1S/C49H35NS/c1-3-13-34(14-4-1)35-23-27-38(28-24-35)50(40-31-32-48-44(33-40)43-19-9-12-22-47(43)51-48)39-29-25-37(26-30-39)49(36-15-5-2-6-16-36)45-20-10-7-17-41(45)42-18-8-11-21-46(42)49/h1-3,5-13,15-33H,4,14H2. The van der Waals surface area contributed by atoms with Gasteiger partial charge in [-0.15, -0.1) is 11.3 Å². The van der Waals surface area contributed by atoms with Crippen LogP contribution in [0.4, 0.5) is 17.1 Å². The van der Waals surface area contributed by atoms with Crippen molar-refractivity contribution in [2.75, 3.05) is 4.90 Å². The van der Waals surface area contributed by atoms with Crippen molar-refractivity contribution >= 4 is 54.1 Å². The molecule has 1 heterocycles. The molecule has 1 aromatic heterocycles. The van der Waals surface area contributed by atoms with Crippen LogP contribution in [0.3, 0.4) is 0 Å². The van der Waals surface area contributed by atoms with Gasteiger partial charge in [-0.2, -0.15) is 0 Å². The van der Waals surface area contributed by atoms with Crippen LogP contribution >= 0.6 is 11.3 Å². The molecule has 0 saturated heterocycles. The van der Waals surface area contributed by atoms with Crippen LogP contribution in [0.5, 0.6) is 0 Å². The van der Waals surface area contributed by atoms with Crippen LogP contribution in [-0.4, -0.2) is 0 Å². The number of anilines is 3. The molecule has 7 aromatic carbocycles. The molecule has 2 aliphatic carbocycles. The highest BCUT2D eigenvalue weighted by Crippen LogP contribution is 2.56. The first-order valence-corrected chi connectivity index (χ1v) is 18.6. The minimum Gasteiger partial charge on any atom is -0.310 e. The first-order chi connectivity index (χ1) is 25.3. The molecule has 0 bridgehead atoms. The Morgan fingerprint density at radius 3 is 1.78 bits per heavy atom. The summed E-state index contributed by atoms with van der Waals surface area (Å²) in [6.07, 6.45) is 8.87. The van der Waals surface area contributed by atoms with Gasteiger partial charge in [0.1, 0.15) is 0 Å². The normalized spacial score (nSPS) is 14.3. The van der Waals surface area contributed by atoms with Crippen molar-refractivity contribution < 1.29 is 0 Å². The Morgan fingerprint density at radius 2 is 1.08 bits per heavy atom. The van der Waals surface area contributed by atoms with Crippen LogP contribution in [0, 0.1) is 0 Å². The number of benzene rings is 7. The highest BCUT2D eigenvalue weighted by Gasteiger charge is 2.45. The fourth-order valence-electron chi connectivity index (χ4n) is 8.54. The van der Waals surface area contributed by atoms with Crippen molar-refractivity contribution in [2.45, 2.75) is 18.3 Å². The van der Waals surface area contributed by atoms with Crippen molar-refractivity contribution in [3.8, 4) is 11.1 Å². The maximum atomic E-state index is 2.42. The quantitative estimate of drug-likeness (QED) is 0.170. The molecular formula is C49H35NS. The molecule has 0 aliphatic heterocycles. The zero-order chi connectivity index (χ0) is 33.8. The molecule has 0 atom stereocenters. The molecule has 1 nitrogen and oxygen atoms in total. The SMILES string of the molecule is C1=CCCC(c2ccc(N(c3ccc(C4(c5ccccc5)c5ccccc5-c5ccccc54)cc3)c3ccc4sc5ccccc5c4c3)cc2)=C1. The monoisotopic (exact) mass is 669 g/mol. The molecule has 242 valence electrons. The summed E-state index contributed by atoms with van der Waals surface area (Å²) in [6.45, 7) is 0. The first kappa shape index (κ1) is 29.9.